The molecule has 1 aromatic rings. The predicted molar refractivity (Wildman–Crippen MR) is 80.9 cm³/mol. The van der Waals surface area contributed by atoms with E-state index in [-0.39, 0.29) is 5.91 Å². The molecule has 3 rings (SSSR count). The fraction of sp³-hybridized carbons (Fsp3) is 0.714. The minimum absolute atomic E-state index is 0.0531. The Morgan fingerprint density at radius 1 is 1.45 bits per heavy atom. The number of carbonyl (C=O) groups excluding carboxylic acids is 1. The lowest BCUT2D eigenvalue weighted by Gasteiger charge is -2.34. The van der Waals surface area contributed by atoms with Gasteiger partial charge in [-0.05, 0) is 51.2 Å². The quantitative estimate of drug-likeness (QED) is 0.884. The van der Waals surface area contributed by atoms with Gasteiger partial charge in [0.05, 0.1) is 6.54 Å². The van der Waals surface area contributed by atoms with Crippen LogP contribution in [-0.2, 0) is 4.79 Å². The van der Waals surface area contributed by atoms with Crippen molar-refractivity contribution in [1.82, 2.24) is 15.2 Å². The second-order valence-electron chi connectivity index (χ2n) is 5.70. The van der Waals surface area contributed by atoms with Crippen LogP contribution in [0.15, 0.2) is 11.6 Å². The van der Waals surface area contributed by atoms with Crippen molar-refractivity contribution in [3.63, 3.8) is 0 Å². The van der Waals surface area contributed by atoms with Crippen molar-refractivity contribution in [3.05, 3.63) is 11.6 Å². The predicted octanol–water partition coefficient (Wildman–Crippen LogP) is 1.55. The minimum atomic E-state index is 0.0531. The lowest BCUT2D eigenvalue weighted by Crippen LogP contribution is -2.43. The summed E-state index contributed by atoms with van der Waals surface area (Å²) < 4.78 is 0. The zero-order valence-electron chi connectivity index (χ0n) is 11.7. The van der Waals surface area contributed by atoms with E-state index in [0.29, 0.717) is 11.7 Å². The highest BCUT2D eigenvalue weighted by atomic mass is 32.1. The van der Waals surface area contributed by atoms with Gasteiger partial charge in [-0.25, -0.2) is 4.98 Å². The van der Waals surface area contributed by atoms with E-state index >= 15 is 0 Å². The third kappa shape index (κ3) is 3.56. The van der Waals surface area contributed by atoms with Crippen LogP contribution >= 0.6 is 11.3 Å². The fourth-order valence-electron chi connectivity index (χ4n) is 3.27. The van der Waals surface area contributed by atoms with E-state index in [1.807, 2.05) is 5.38 Å². The topological polar surface area (TPSA) is 57.3 Å². The summed E-state index contributed by atoms with van der Waals surface area (Å²) >= 11 is 1.46. The zero-order chi connectivity index (χ0) is 13.8. The molecule has 0 saturated carbocycles. The molecule has 1 atom stereocenters. The van der Waals surface area contributed by atoms with E-state index in [9.17, 15) is 4.79 Å². The first-order chi connectivity index (χ1) is 9.81. The Bertz CT molecular complexity index is 422. The number of piperidine rings is 1. The summed E-state index contributed by atoms with van der Waals surface area (Å²) in [7, 11) is 0. The van der Waals surface area contributed by atoms with Gasteiger partial charge >= 0.3 is 0 Å². The molecule has 2 aliphatic rings. The van der Waals surface area contributed by atoms with Crippen molar-refractivity contribution in [2.24, 2.45) is 5.92 Å². The van der Waals surface area contributed by atoms with Crippen LogP contribution in [0.4, 0.5) is 5.13 Å². The number of carbonyl (C=O) groups is 1. The van der Waals surface area contributed by atoms with Gasteiger partial charge in [0.1, 0.15) is 0 Å². The maximum Gasteiger partial charge on any atom is 0.240 e. The van der Waals surface area contributed by atoms with Gasteiger partial charge in [-0.15, -0.1) is 11.3 Å². The van der Waals surface area contributed by atoms with Crippen LogP contribution in [0.2, 0.25) is 0 Å². The number of likely N-dealkylation sites (tertiary alicyclic amines) is 1. The summed E-state index contributed by atoms with van der Waals surface area (Å²) in [5, 5.41) is 9.02. The van der Waals surface area contributed by atoms with E-state index in [2.05, 4.69) is 20.5 Å². The molecule has 0 aromatic carbocycles. The van der Waals surface area contributed by atoms with Gasteiger partial charge in [-0.3, -0.25) is 9.69 Å². The molecule has 3 heterocycles. The average molecular weight is 294 g/mol. The first-order valence-corrected chi connectivity index (χ1v) is 8.34. The van der Waals surface area contributed by atoms with Crippen molar-refractivity contribution < 1.29 is 4.79 Å². The molecule has 0 radical (unpaired) electrons. The van der Waals surface area contributed by atoms with Crippen LogP contribution in [0.25, 0.3) is 0 Å². The van der Waals surface area contributed by atoms with E-state index in [4.69, 9.17) is 0 Å². The van der Waals surface area contributed by atoms with Gasteiger partial charge in [0, 0.05) is 17.6 Å². The summed E-state index contributed by atoms with van der Waals surface area (Å²) in [6.45, 7) is 3.74. The van der Waals surface area contributed by atoms with Crippen LogP contribution in [-0.4, -0.2) is 48.0 Å². The summed E-state index contributed by atoms with van der Waals surface area (Å²) in [5.74, 6) is 0.855. The molecule has 2 aliphatic heterocycles. The molecule has 6 heteroatoms. The molecule has 110 valence electrons. The molecule has 0 aliphatic carbocycles. The van der Waals surface area contributed by atoms with Crippen molar-refractivity contribution in [2.45, 2.75) is 31.7 Å². The Hall–Kier alpha value is -0.980. The number of nitrogens with one attached hydrogen (secondary N) is 2. The van der Waals surface area contributed by atoms with Crippen LogP contribution in [0.3, 0.4) is 0 Å². The molecule has 2 saturated heterocycles. The molecule has 0 bridgehead atoms. The van der Waals surface area contributed by atoms with Gasteiger partial charge in [0.15, 0.2) is 5.13 Å². The van der Waals surface area contributed by atoms with E-state index in [1.165, 1.54) is 43.6 Å². The van der Waals surface area contributed by atoms with Gasteiger partial charge < -0.3 is 10.6 Å². The highest BCUT2D eigenvalue weighted by molar-refractivity contribution is 7.13. The van der Waals surface area contributed by atoms with E-state index < -0.39 is 0 Å². The molecule has 2 fully saturated rings. The standard InChI is InChI=1S/C14H22N4OS/c19-13(17-14-16-6-9-20-14)10-18-7-3-11(4-8-18)12-2-1-5-15-12/h6,9,11-12,15H,1-5,7-8,10H2,(H,16,17,19). The Kier molecular flexibility index (Phi) is 4.65. The smallest absolute Gasteiger partial charge is 0.240 e. The summed E-state index contributed by atoms with van der Waals surface area (Å²) in [6, 6.07) is 0.723. The van der Waals surface area contributed by atoms with Gasteiger partial charge in [-0.2, -0.15) is 0 Å². The van der Waals surface area contributed by atoms with E-state index in [0.717, 1.165) is 25.0 Å². The summed E-state index contributed by atoms with van der Waals surface area (Å²) in [4.78, 5) is 18.2. The molecule has 20 heavy (non-hydrogen) atoms. The lowest BCUT2D eigenvalue weighted by atomic mass is 9.88. The van der Waals surface area contributed by atoms with Gasteiger partial charge in [0.25, 0.3) is 0 Å². The normalized spacial score (nSPS) is 24.9. The molecule has 2 N–H and O–H groups in total. The van der Waals surface area contributed by atoms with Gasteiger partial charge in [-0.1, -0.05) is 0 Å². The Morgan fingerprint density at radius 2 is 2.30 bits per heavy atom. The van der Waals surface area contributed by atoms with Crippen molar-refractivity contribution >= 4 is 22.4 Å². The van der Waals surface area contributed by atoms with Crippen LogP contribution < -0.4 is 10.6 Å². The third-order valence-corrected chi connectivity index (χ3v) is 5.03. The first-order valence-electron chi connectivity index (χ1n) is 7.46. The number of anilines is 1. The van der Waals surface area contributed by atoms with Crippen molar-refractivity contribution in [3.8, 4) is 0 Å². The van der Waals surface area contributed by atoms with Gasteiger partial charge in [0.2, 0.25) is 5.91 Å². The molecule has 0 spiro atoms. The Labute approximate surface area is 123 Å². The summed E-state index contributed by atoms with van der Waals surface area (Å²) in [6.07, 6.45) is 6.78. The van der Waals surface area contributed by atoms with Crippen molar-refractivity contribution in [1.29, 1.82) is 0 Å². The Morgan fingerprint density at radius 3 is 2.95 bits per heavy atom. The molecular weight excluding hydrogens is 272 g/mol. The second kappa shape index (κ2) is 6.65. The molecule has 1 unspecified atom stereocenters. The van der Waals surface area contributed by atoms with Crippen LogP contribution in [0.1, 0.15) is 25.7 Å². The number of aromatic nitrogens is 1. The largest absolute Gasteiger partial charge is 0.314 e. The highest BCUT2D eigenvalue weighted by Gasteiger charge is 2.28. The number of nitrogens with zero attached hydrogens (tertiary/aromatic N) is 2. The minimum Gasteiger partial charge on any atom is -0.314 e. The number of hydrogen-bond acceptors (Lipinski definition) is 5. The maximum absolute atomic E-state index is 11.9. The molecular formula is C14H22N4OS. The fourth-order valence-corrected chi connectivity index (χ4v) is 3.82. The van der Waals surface area contributed by atoms with Crippen molar-refractivity contribution in [2.75, 3.05) is 31.5 Å². The Balaban J connectivity index is 1.40. The lowest BCUT2D eigenvalue weighted by molar-refractivity contribution is -0.117. The second-order valence-corrected chi connectivity index (χ2v) is 6.60. The summed E-state index contributed by atoms with van der Waals surface area (Å²) in [5.41, 5.74) is 0. The third-order valence-electron chi connectivity index (χ3n) is 4.35. The highest BCUT2D eigenvalue weighted by Crippen LogP contribution is 2.25. The molecule has 1 aromatic heterocycles. The number of thiazole rings is 1. The van der Waals surface area contributed by atoms with Crippen LogP contribution in [0, 0.1) is 5.92 Å². The maximum atomic E-state index is 11.9. The first kappa shape index (κ1) is 14.0. The molecule has 1 amide bonds. The molecule has 5 nitrogen and oxygen atoms in total. The average Bonchev–Trinajstić information content (AvgIpc) is 3.12. The SMILES string of the molecule is O=C(CN1CCC(C2CCCN2)CC1)Nc1nccs1. The van der Waals surface area contributed by atoms with E-state index in [1.54, 1.807) is 6.20 Å². The zero-order valence-corrected chi connectivity index (χ0v) is 12.5. The van der Waals surface area contributed by atoms with Crippen LogP contribution in [0.5, 0.6) is 0 Å². The number of amides is 1. The number of rotatable bonds is 4. The number of hydrogen-bond donors (Lipinski definition) is 2. The monoisotopic (exact) mass is 294 g/mol.